The number of anilines is 1. The molecule has 0 aromatic heterocycles. The predicted molar refractivity (Wildman–Crippen MR) is 105 cm³/mol. The first-order valence-electron chi connectivity index (χ1n) is 8.59. The maximum atomic E-state index is 12.3. The van der Waals surface area contributed by atoms with Crippen LogP contribution in [-0.4, -0.2) is 11.0 Å². The van der Waals surface area contributed by atoms with Gasteiger partial charge in [0.05, 0.1) is 0 Å². The lowest BCUT2D eigenvalue weighted by Gasteiger charge is -2.14. The van der Waals surface area contributed by atoms with E-state index in [1.54, 1.807) is 0 Å². The highest BCUT2D eigenvalue weighted by Crippen LogP contribution is 2.47. The molecule has 3 rings (SSSR count). The van der Waals surface area contributed by atoms with Gasteiger partial charge in [-0.05, 0) is 55.1 Å². The molecule has 0 heterocycles. The molecule has 0 spiro atoms. The Balaban J connectivity index is 1.48. The number of hydrogen-bond donors (Lipinski definition) is 3. The van der Waals surface area contributed by atoms with Crippen molar-refractivity contribution in [3.63, 3.8) is 0 Å². The lowest BCUT2D eigenvalue weighted by molar-refractivity contribution is -0.122. The molecule has 1 aliphatic rings. The summed E-state index contributed by atoms with van der Waals surface area (Å²) in [6.07, 6.45) is 1.80. The highest BCUT2D eigenvalue weighted by molar-refractivity contribution is 7.80. The smallest absolute Gasteiger partial charge is 0.242 e. The van der Waals surface area contributed by atoms with Crippen LogP contribution in [0.25, 0.3) is 0 Å². The number of carbonyl (C=O) groups is 1. The molecule has 1 aliphatic carbocycles. The van der Waals surface area contributed by atoms with E-state index in [1.807, 2.05) is 18.2 Å². The molecule has 2 unspecified atom stereocenters. The van der Waals surface area contributed by atoms with E-state index >= 15 is 0 Å². The summed E-state index contributed by atoms with van der Waals surface area (Å²) in [6.45, 7) is 4.16. The van der Waals surface area contributed by atoms with Gasteiger partial charge in [0.1, 0.15) is 0 Å². The minimum absolute atomic E-state index is 0.0148. The average molecular weight is 353 g/mol. The number of amides is 1. The monoisotopic (exact) mass is 353 g/mol. The lowest BCUT2D eigenvalue weighted by atomic mass is 10.1. The van der Waals surface area contributed by atoms with Gasteiger partial charge >= 0.3 is 0 Å². The molecule has 0 saturated heterocycles. The lowest BCUT2D eigenvalue weighted by Crippen LogP contribution is -2.44. The van der Waals surface area contributed by atoms with Crippen LogP contribution in [0.15, 0.2) is 48.5 Å². The fourth-order valence-corrected chi connectivity index (χ4v) is 3.14. The van der Waals surface area contributed by atoms with Crippen molar-refractivity contribution in [2.75, 3.05) is 5.32 Å². The number of carbonyl (C=O) groups excluding carboxylic acids is 1. The van der Waals surface area contributed by atoms with Gasteiger partial charge in [-0.2, -0.15) is 0 Å². The number of thiocarbonyl (C=S) groups is 1. The predicted octanol–water partition coefficient (Wildman–Crippen LogP) is 3.68. The van der Waals surface area contributed by atoms with Crippen molar-refractivity contribution in [1.29, 1.82) is 0 Å². The fraction of sp³-hybridized carbons (Fsp3) is 0.300. The summed E-state index contributed by atoms with van der Waals surface area (Å²) in [5.41, 5.74) is 10.1. The molecule has 0 aliphatic heterocycles. The minimum atomic E-state index is -0.0153. The molecule has 130 valence electrons. The van der Waals surface area contributed by atoms with Crippen LogP contribution in [0.3, 0.4) is 0 Å². The van der Waals surface area contributed by atoms with Gasteiger partial charge in [-0.3, -0.25) is 15.6 Å². The summed E-state index contributed by atoms with van der Waals surface area (Å²) in [5.74, 6) is 0.309. The van der Waals surface area contributed by atoms with Crippen LogP contribution < -0.4 is 16.2 Å². The van der Waals surface area contributed by atoms with Gasteiger partial charge in [0.2, 0.25) is 5.91 Å². The molecule has 5 heteroatoms. The summed E-state index contributed by atoms with van der Waals surface area (Å²) in [4.78, 5) is 12.3. The molecule has 2 aromatic rings. The summed E-state index contributed by atoms with van der Waals surface area (Å²) in [7, 11) is 0. The molecule has 0 bridgehead atoms. The van der Waals surface area contributed by atoms with Crippen molar-refractivity contribution < 1.29 is 4.79 Å². The maximum Gasteiger partial charge on any atom is 0.242 e. The van der Waals surface area contributed by atoms with E-state index in [0.29, 0.717) is 11.0 Å². The third kappa shape index (κ3) is 4.37. The summed E-state index contributed by atoms with van der Waals surface area (Å²) >= 11 is 5.27. The molecular formula is C20H23N3OS. The number of nitrogens with one attached hydrogen (secondary N) is 3. The highest BCUT2D eigenvalue weighted by atomic mass is 32.1. The zero-order valence-electron chi connectivity index (χ0n) is 14.5. The van der Waals surface area contributed by atoms with Gasteiger partial charge in [0.15, 0.2) is 5.11 Å². The Hall–Kier alpha value is -2.40. The van der Waals surface area contributed by atoms with Crippen molar-refractivity contribution in [2.45, 2.75) is 32.6 Å². The van der Waals surface area contributed by atoms with Crippen molar-refractivity contribution in [2.24, 2.45) is 5.92 Å². The molecule has 3 N–H and O–H groups in total. The van der Waals surface area contributed by atoms with E-state index in [2.05, 4.69) is 60.3 Å². The second-order valence-electron chi connectivity index (χ2n) is 6.44. The second kappa shape index (κ2) is 7.66. The summed E-state index contributed by atoms with van der Waals surface area (Å²) in [6, 6.07) is 16.4. The first-order valence-corrected chi connectivity index (χ1v) is 9.00. The van der Waals surface area contributed by atoms with Gasteiger partial charge in [-0.15, -0.1) is 0 Å². The first-order chi connectivity index (χ1) is 12.1. The SMILES string of the molecule is CCc1ccccc1NC(=S)NNC(=O)C1CC1c1ccc(C)cc1. The average Bonchev–Trinajstić information content (AvgIpc) is 3.41. The Morgan fingerprint density at radius 3 is 2.56 bits per heavy atom. The summed E-state index contributed by atoms with van der Waals surface area (Å²) in [5, 5.41) is 3.52. The van der Waals surface area contributed by atoms with Crippen LogP contribution in [0.5, 0.6) is 0 Å². The first kappa shape index (κ1) is 17.4. The Kier molecular flexibility index (Phi) is 5.34. The largest absolute Gasteiger partial charge is 0.331 e. The van der Waals surface area contributed by atoms with Crippen LogP contribution >= 0.6 is 12.2 Å². The van der Waals surface area contributed by atoms with E-state index in [1.165, 1.54) is 16.7 Å². The Morgan fingerprint density at radius 1 is 1.12 bits per heavy atom. The van der Waals surface area contributed by atoms with E-state index in [4.69, 9.17) is 12.2 Å². The number of benzene rings is 2. The van der Waals surface area contributed by atoms with E-state index in [0.717, 1.165) is 18.5 Å². The minimum Gasteiger partial charge on any atom is -0.331 e. The van der Waals surface area contributed by atoms with E-state index in [-0.39, 0.29) is 11.8 Å². The molecule has 25 heavy (non-hydrogen) atoms. The quantitative estimate of drug-likeness (QED) is 0.580. The topological polar surface area (TPSA) is 53.2 Å². The molecule has 1 fully saturated rings. The van der Waals surface area contributed by atoms with Gasteiger partial charge in [-0.1, -0.05) is 55.0 Å². The van der Waals surface area contributed by atoms with E-state index < -0.39 is 0 Å². The Morgan fingerprint density at radius 2 is 1.84 bits per heavy atom. The molecule has 2 atom stereocenters. The van der Waals surface area contributed by atoms with Crippen molar-refractivity contribution in [3.8, 4) is 0 Å². The Labute approximate surface area is 154 Å². The molecule has 2 aromatic carbocycles. The maximum absolute atomic E-state index is 12.3. The van der Waals surface area contributed by atoms with Crippen LogP contribution in [0.2, 0.25) is 0 Å². The van der Waals surface area contributed by atoms with Crippen LogP contribution in [0, 0.1) is 12.8 Å². The molecule has 0 radical (unpaired) electrons. The molecule has 1 saturated carbocycles. The Bertz CT molecular complexity index is 773. The van der Waals surface area contributed by atoms with Gasteiger partial charge in [-0.25, -0.2) is 0 Å². The zero-order chi connectivity index (χ0) is 17.8. The fourth-order valence-electron chi connectivity index (χ4n) is 2.98. The number of para-hydroxylation sites is 1. The van der Waals surface area contributed by atoms with E-state index in [9.17, 15) is 4.79 Å². The van der Waals surface area contributed by atoms with Crippen molar-refractivity contribution in [1.82, 2.24) is 10.9 Å². The number of rotatable bonds is 4. The van der Waals surface area contributed by atoms with Gasteiger partial charge < -0.3 is 5.32 Å². The standard InChI is InChI=1S/C20H23N3OS/c1-3-14-6-4-5-7-18(14)21-20(25)23-22-19(24)17-12-16(17)15-10-8-13(2)9-11-15/h4-11,16-17H,3,12H2,1-2H3,(H,22,24)(H2,21,23,25). The number of aryl methyl sites for hydroxylation is 2. The third-order valence-electron chi connectivity index (χ3n) is 4.58. The van der Waals surface area contributed by atoms with Crippen LogP contribution in [0.4, 0.5) is 5.69 Å². The highest BCUT2D eigenvalue weighted by Gasteiger charge is 2.43. The summed E-state index contributed by atoms with van der Waals surface area (Å²) < 4.78 is 0. The number of hydrogen-bond acceptors (Lipinski definition) is 2. The van der Waals surface area contributed by atoms with Gasteiger partial charge in [0.25, 0.3) is 0 Å². The van der Waals surface area contributed by atoms with Crippen molar-refractivity contribution >= 4 is 28.9 Å². The normalized spacial score (nSPS) is 18.3. The van der Waals surface area contributed by atoms with Gasteiger partial charge in [0, 0.05) is 11.6 Å². The zero-order valence-corrected chi connectivity index (χ0v) is 15.3. The molecule has 4 nitrogen and oxygen atoms in total. The van der Waals surface area contributed by atoms with Crippen molar-refractivity contribution in [3.05, 3.63) is 65.2 Å². The molecular weight excluding hydrogens is 330 g/mol. The van der Waals surface area contributed by atoms with Crippen LogP contribution in [-0.2, 0) is 11.2 Å². The third-order valence-corrected chi connectivity index (χ3v) is 4.78. The number of hydrazine groups is 1. The molecule has 1 amide bonds. The second-order valence-corrected chi connectivity index (χ2v) is 6.85. The van der Waals surface area contributed by atoms with Crippen LogP contribution in [0.1, 0.15) is 36.0 Å².